The molecule has 32 heavy (non-hydrogen) atoms. The fourth-order valence-corrected chi connectivity index (χ4v) is 3.75. The molecule has 10 nitrogen and oxygen atoms in total. The van der Waals surface area contributed by atoms with Gasteiger partial charge in [-0.2, -0.15) is 9.78 Å². The Kier molecular flexibility index (Phi) is 6.56. The first-order valence-corrected chi connectivity index (χ1v) is 10.8. The number of nitrogens with zero attached hydrogens (tertiary/aromatic N) is 6. The Morgan fingerprint density at radius 1 is 1.19 bits per heavy atom. The topological polar surface area (TPSA) is 137 Å². The molecule has 3 N–H and O–H groups in total. The first-order chi connectivity index (χ1) is 15.7. The lowest BCUT2D eigenvalue weighted by Crippen LogP contribution is -2.20. The van der Waals surface area contributed by atoms with Crippen molar-refractivity contribution >= 4 is 29.7 Å². The van der Waals surface area contributed by atoms with E-state index < -0.39 is 5.91 Å². The molecular formula is C21H20N8O2S. The molecule has 2 aromatic carbocycles. The van der Waals surface area contributed by atoms with Crippen LogP contribution in [0.25, 0.3) is 5.82 Å². The van der Waals surface area contributed by atoms with Crippen molar-refractivity contribution in [1.82, 2.24) is 30.7 Å². The Bertz CT molecular complexity index is 1220. The molecule has 0 unspecified atom stereocenters. The Labute approximate surface area is 187 Å². The van der Waals surface area contributed by atoms with Crippen LogP contribution in [0.5, 0.6) is 0 Å². The number of nitrogen functional groups attached to an aromatic ring is 1. The molecule has 0 atom stereocenters. The zero-order valence-corrected chi connectivity index (χ0v) is 18.0. The van der Waals surface area contributed by atoms with Gasteiger partial charge in [0.2, 0.25) is 11.6 Å². The van der Waals surface area contributed by atoms with Crippen molar-refractivity contribution in [2.45, 2.75) is 24.0 Å². The minimum atomic E-state index is -0.503. The van der Waals surface area contributed by atoms with Crippen molar-refractivity contribution in [3.05, 3.63) is 77.1 Å². The minimum absolute atomic E-state index is 0.0429. The molecule has 11 heteroatoms. The first-order valence-electron chi connectivity index (χ1n) is 9.79. The molecule has 0 saturated heterocycles. The second-order valence-corrected chi connectivity index (χ2v) is 7.71. The van der Waals surface area contributed by atoms with E-state index in [4.69, 9.17) is 5.73 Å². The van der Waals surface area contributed by atoms with Gasteiger partial charge in [0.05, 0.1) is 11.9 Å². The molecule has 0 saturated carbocycles. The van der Waals surface area contributed by atoms with Crippen LogP contribution >= 0.6 is 11.8 Å². The summed E-state index contributed by atoms with van der Waals surface area (Å²) in [6.07, 6.45) is 2.53. The van der Waals surface area contributed by atoms with Crippen LogP contribution in [0.2, 0.25) is 0 Å². The number of carbonyl (C=O) groups excluding carboxylic acids is 1. The average molecular weight is 449 g/mol. The van der Waals surface area contributed by atoms with Gasteiger partial charge in [0.15, 0.2) is 5.69 Å². The van der Waals surface area contributed by atoms with Gasteiger partial charge in [-0.05, 0) is 40.0 Å². The number of carbonyl (C=O) groups is 1. The van der Waals surface area contributed by atoms with Gasteiger partial charge >= 0.3 is 0 Å². The van der Waals surface area contributed by atoms with Gasteiger partial charge in [0, 0.05) is 10.6 Å². The number of hydrogen-bond acceptors (Lipinski definition) is 9. The Morgan fingerprint density at radius 2 is 1.97 bits per heavy atom. The van der Waals surface area contributed by atoms with Crippen molar-refractivity contribution in [2.75, 3.05) is 5.73 Å². The monoisotopic (exact) mass is 448 g/mol. The molecule has 0 aliphatic heterocycles. The number of hydrogen-bond donors (Lipinski definition) is 2. The molecule has 4 aromatic rings. The van der Waals surface area contributed by atoms with Crippen LogP contribution in [0.3, 0.4) is 0 Å². The average Bonchev–Trinajstić information content (AvgIpc) is 3.44. The zero-order valence-electron chi connectivity index (χ0n) is 17.2. The van der Waals surface area contributed by atoms with Crippen LogP contribution in [-0.4, -0.2) is 37.4 Å². The molecule has 1 amide bonds. The van der Waals surface area contributed by atoms with E-state index in [1.807, 2.05) is 54.6 Å². The second-order valence-electron chi connectivity index (χ2n) is 6.67. The molecule has 0 aliphatic rings. The Balaban J connectivity index is 1.55. The van der Waals surface area contributed by atoms with Crippen molar-refractivity contribution in [1.29, 1.82) is 0 Å². The van der Waals surface area contributed by atoms with Crippen molar-refractivity contribution in [3.63, 3.8) is 0 Å². The lowest BCUT2D eigenvalue weighted by Gasteiger charge is -2.05. The second kappa shape index (κ2) is 9.88. The third kappa shape index (κ3) is 4.83. The summed E-state index contributed by atoms with van der Waals surface area (Å²) in [6.45, 7) is 2.09. The summed E-state index contributed by atoms with van der Waals surface area (Å²) >= 11 is 1.51. The van der Waals surface area contributed by atoms with Gasteiger partial charge in [-0.3, -0.25) is 4.79 Å². The molecule has 4 rings (SSSR count). The highest BCUT2D eigenvalue weighted by atomic mass is 32.2. The molecule has 2 aromatic heterocycles. The van der Waals surface area contributed by atoms with Crippen LogP contribution in [-0.2, 0) is 12.2 Å². The van der Waals surface area contributed by atoms with E-state index in [0.717, 1.165) is 16.9 Å². The molecule has 162 valence electrons. The van der Waals surface area contributed by atoms with E-state index in [0.29, 0.717) is 11.4 Å². The summed E-state index contributed by atoms with van der Waals surface area (Å²) in [5, 5.41) is 19.4. The van der Waals surface area contributed by atoms with Crippen LogP contribution in [0.15, 0.2) is 69.2 Å². The lowest BCUT2D eigenvalue weighted by atomic mass is 10.1. The molecule has 0 bridgehead atoms. The normalized spacial score (nSPS) is 11.2. The van der Waals surface area contributed by atoms with E-state index in [1.54, 1.807) is 6.21 Å². The maximum atomic E-state index is 12.8. The predicted molar refractivity (Wildman–Crippen MR) is 121 cm³/mol. The summed E-state index contributed by atoms with van der Waals surface area (Å²) in [4.78, 5) is 13.8. The van der Waals surface area contributed by atoms with Gasteiger partial charge in [0.1, 0.15) is 0 Å². The number of anilines is 1. The fourth-order valence-electron chi connectivity index (χ4n) is 2.84. The number of nitrogens with two attached hydrogens (primary N) is 1. The Morgan fingerprint density at radius 3 is 2.66 bits per heavy atom. The van der Waals surface area contributed by atoms with Crippen molar-refractivity contribution in [3.8, 4) is 5.82 Å². The van der Waals surface area contributed by atoms with Gasteiger partial charge < -0.3 is 5.73 Å². The highest BCUT2D eigenvalue weighted by molar-refractivity contribution is 7.98. The number of rotatable bonds is 8. The fraction of sp³-hybridized carbons (Fsp3) is 0.143. The minimum Gasteiger partial charge on any atom is -0.378 e. The van der Waals surface area contributed by atoms with Crippen LogP contribution < -0.4 is 11.2 Å². The highest BCUT2D eigenvalue weighted by Gasteiger charge is 2.24. The zero-order chi connectivity index (χ0) is 22.3. The van der Waals surface area contributed by atoms with Gasteiger partial charge in [-0.25, -0.2) is 10.1 Å². The maximum absolute atomic E-state index is 12.8. The SMILES string of the molecule is CCc1ccc(/C=N\NC(=O)c2nnn(-c3nonc3N)c2CSc2ccccc2)cc1. The third-order valence-electron chi connectivity index (χ3n) is 4.56. The van der Waals surface area contributed by atoms with E-state index in [-0.39, 0.29) is 17.3 Å². The molecule has 0 fully saturated rings. The van der Waals surface area contributed by atoms with E-state index in [2.05, 4.69) is 42.7 Å². The quantitative estimate of drug-likeness (QED) is 0.238. The Hall–Kier alpha value is -3.99. The van der Waals surface area contributed by atoms with E-state index >= 15 is 0 Å². The first kappa shape index (κ1) is 21.2. The van der Waals surface area contributed by atoms with Crippen molar-refractivity contribution in [2.24, 2.45) is 5.10 Å². The summed E-state index contributed by atoms with van der Waals surface area (Å²) in [5.74, 6) is 0.0892. The van der Waals surface area contributed by atoms with Crippen molar-refractivity contribution < 1.29 is 9.42 Å². The van der Waals surface area contributed by atoms with Gasteiger partial charge in [0.25, 0.3) is 5.91 Å². The van der Waals surface area contributed by atoms with E-state index in [9.17, 15) is 4.79 Å². The highest BCUT2D eigenvalue weighted by Crippen LogP contribution is 2.25. The number of nitrogens with one attached hydrogen (secondary N) is 1. The number of aromatic nitrogens is 5. The van der Waals surface area contributed by atoms with Gasteiger partial charge in [-0.1, -0.05) is 54.6 Å². The number of hydrazone groups is 1. The molecular weight excluding hydrogens is 428 g/mol. The number of thioether (sulfide) groups is 1. The van der Waals surface area contributed by atoms with Crippen LogP contribution in [0.1, 0.15) is 34.2 Å². The molecule has 2 heterocycles. The van der Waals surface area contributed by atoms with Crippen LogP contribution in [0.4, 0.5) is 5.82 Å². The van der Waals surface area contributed by atoms with Crippen LogP contribution in [0, 0.1) is 0 Å². The third-order valence-corrected chi connectivity index (χ3v) is 5.58. The molecule has 0 aliphatic carbocycles. The standard InChI is InChI=1S/C21H20N8O2S/c1-2-14-8-10-15(11-9-14)12-23-25-21(30)18-17(13-32-16-6-4-3-5-7-16)29(28-24-18)20-19(22)26-31-27-20/h3-12H,2,13H2,1H3,(H2,22,26)(H,25,30)/b23-12-. The molecule has 0 spiro atoms. The largest absolute Gasteiger partial charge is 0.378 e. The van der Waals surface area contributed by atoms with E-state index in [1.165, 1.54) is 22.0 Å². The summed E-state index contributed by atoms with van der Waals surface area (Å²) < 4.78 is 6.02. The summed E-state index contributed by atoms with van der Waals surface area (Å²) in [5.41, 5.74) is 11.0. The number of amides is 1. The smallest absolute Gasteiger partial charge is 0.293 e. The number of aryl methyl sites for hydroxylation is 1. The summed E-state index contributed by atoms with van der Waals surface area (Å²) in [6, 6.07) is 17.7. The molecule has 0 radical (unpaired) electrons. The summed E-state index contributed by atoms with van der Waals surface area (Å²) in [7, 11) is 0. The lowest BCUT2D eigenvalue weighted by molar-refractivity contribution is 0.0949. The van der Waals surface area contributed by atoms with Gasteiger partial charge in [-0.15, -0.1) is 16.9 Å². The predicted octanol–water partition coefficient (Wildman–Crippen LogP) is 2.85. The maximum Gasteiger partial charge on any atom is 0.293 e. The number of benzene rings is 2.